The summed E-state index contributed by atoms with van der Waals surface area (Å²) in [6.45, 7) is 5.65. The first-order valence-corrected chi connectivity index (χ1v) is 10.8. The molecule has 3 aromatic rings. The molecule has 0 bridgehead atoms. The van der Waals surface area contributed by atoms with E-state index < -0.39 is 0 Å². The van der Waals surface area contributed by atoms with E-state index in [1.165, 1.54) is 0 Å². The summed E-state index contributed by atoms with van der Waals surface area (Å²) < 4.78 is 6.02. The Bertz CT molecular complexity index is 1100. The van der Waals surface area contributed by atoms with Crippen molar-refractivity contribution >= 4 is 16.9 Å². The summed E-state index contributed by atoms with van der Waals surface area (Å²) in [5.74, 6) is 0.761. The molecule has 156 valence electrons. The summed E-state index contributed by atoms with van der Waals surface area (Å²) >= 11 is 0. The zero-order valence-corrected chi connectivity index (χ0v) is 17.4. The SMILES string of the molecule is O=C1C(c2cccnc2)=C(c2ccccc2)c2ccc(OCCN3CCNCC3)cc21. The lowest BCUT2D eigenvalue weighted by Crippen LogP contribution is -2.44. The lowest BCUT2D eigenvalue weighted by molar-refractivity contribution is 0.105. The molecule has 0 radical (unpaired) electrons. The van der Waals surface area contributed by atoms with Crippen molar-refractivity contribution in [3.63, 3.8) is 0 Å². The molecule has 1 aliphatic carbocycles. The van der Waals surface area contributed by atoms with Crippen LogP contribution in [0.5, 0.6) is 5.75 Å². The first-order chi connectivity index (χ1) is 15.3. The number of nitrogens with one attached hydrogen (secondary N) is 1. The lowest BCUT2D eigenvalue weighted by atomic mass is 9.95. The molecule has 5 heteroatoms. The minimum Gasteiger partial charge on any atom is -0.492 e. The molecular formula is C26H25N3O2. The predicted octanol–water partition coefficient (Wildman–Crippen LogP) is 3.52. The van der Waals surface area contributed by atoms with Crippen LogP contribution < -0.4 is 10.1 Å². The number of piperazine rings is 1. The van der Waals surface area contributed by atoms with Gasteiger partial charge >= 0.3 is 0 Å². The molecule has 0 spiro atoms. The van der Waals surface area contributed by atoms with Gasteiger partial charge in [0, 0.05) is 67.4 Å². The van der Waals surface area contributed by atoms with Crippen molar-refractivity contribution in [1.29, 1.82) is 0 Å². The summed E-state index contributed by atoms with van der Waals surface area (Å²) in [4.78, 5) is 20.1. The molecule has 1 aromatic heterocycles. The number of rotatable bonds is 6. The summed E-state index contributed by atoms with van der Waals surface area (Å²) in [7, 11) is 0. The summed E-state index contributed by atoms with van der Waals surface area (Å²) in [6, 6.07) is 19.8. The number of hydrogen-bond acceptors (Lipinski definition) is 5. The van der Waals surface area contributed by atoms with Gasteiger partial charge in [0.2, 0.25) is 0 Å². The maximum absolute atomic E-state index is 13.5. The van der Waals surface area contributed by atoms with Gasteiger partial charge in [0.1, 0.15) is 12.4 Å². The standard InChI is InChI=1S/C26H25N3O2/c30-26-23-17-21(31-16-15-29-13-11-27-12-14-29)8-9-22(23)24(19-5-2-1-3-6-19)25(26)20-7-4-10-28-18-20/h1-10,17-18,27H,11-16H2. The Labute approximate surface area is 182 Å². The molecule has 31 heavy (non-hydrogen) atoms. The minimum atomic E-state index is 0.0226. The summed E-state index contributed by atoms with van der Waals surface area (Å²) in [5, 5.41) is 3.36. The number of ether oxygens (including phenoxy) is 1. The van der Waals surface area contributed by atoms with Gasteiger partial charge in [-0.15, -0.1) is 0 Å². The van der Waals surface area contributed by atoms with Gasteiger partial charge in [-0.05, 0) is 35.4 Å². The topological polar surface area (TPSA) is 54.5 Å². The number of nitrogens with zero attached hydrogens (tertiary/aromatic N) is 2. The van der Waals surface area contributed by atoms with E-state index in [-0.39, 0.29) is 5.78 Å². The van der Waals surface area contributed by atoms with Crippen LogP contribution in [-0.4, -0.2) is 55.0 Å². The number of fused-ring (bicyclic) bond motifs is 1. The monoisotopic (exact) mass is 411 g/mol. The maximum Gasteiger partial charge on any atom is 0.195 e. The highest BCUT2D eigenvalue weighted by Gasteiger charge is 2.31. The highest BCUT2D eigenvalue weighted by atomic mass is 16.5. The number of hydrogen-bond donors (Lipinski definition) is 1. The molecule has 1 aliphatic heterocycles. The third-order valence-corrected chi connectivity index (χ3v) is 5.88. The number of benzene rings is 2. The van der Waals surface area contributed by atoms with Crippen molar-refractivity contribution in [3.8, 4) is 5.75 Å². The number of aromatic nitrogens is 1. The highest BCUT2D eigenvalue weighted by Crippen LogP contribution is 2.43. The van der Waals surface area contributed by atoms with Crippen LogP contribution in [-0.2, 0) is 0 Å². The van der Waals surface area contributed by atoms with Gasteiger partial charge in [-0.3, -0.25) is 14.7 Å². The Morgan fingerprint density at radius 2 is 1.71 bits per heavy atom. The molecular weight excluding hydrogens is 386 g/mol. The fourth-order valence-corrected chi connectivity index (χ4v) is 4.32. The Morgan fingerprint density at radius 1 is 0.903 bits per heavy atom. The van der Waals surface area contributed by atoms with Crippen LogP contribution in [0.3, 0.4) is 0 Å². The summed E-state index contributed by atoms with van der Waals surface area (Å²) in [5.41, 5.74) is 5.17. The van der Waals surface area contributed by atoms with Crippen LogP contribution in [0, 0.1) is 0 Å². The lowest BCUT2D eigenvalue weighted by Gasteiger charge is -2.26. The molecule has 1 saturated heterocycles. The smallest absolute Gasteiger partial charge is 0.195 e. The first kappa shape index (κ1) is 19.7. The number of carbonyl (C=O) groups is 1. The van der Waals surface area contributed by atoms with Gasteiger partial charge in [0.05, 0.1) is 0 Å². The van der Waals surface area contributed by atoms with E-state index in [9.17, 15) is 4.79 Å². The number of carbonyl (C=O) groups excluding carboxylic acids is 1. The summed E-state index contributed by atoms with van der Waals surface area (Å²) in [6.07, 6.45) is 3.48. The van der Waals surface area contributed by atoms with E-state index in [2.05, 4.69) is 15.2 Å². The molecule has 0 unspecified atom stereocenters. The van der Waals surface area contributed by atoms with Gasteiger partial charge in [-0.2, -0.15) is 0 Å². The van der Waals surface area contributed by atoms with E-state index >= 15 is 0 Å². The molecule has 2 aromatic carbocycles. The van der Waals surface area contributed by atoms with E-state index in [1.807, 2.05) is 60.7 Å². The minimum absolute atomic E-state index is 0.0226. The van der Waals surface area contributed by atoms with Crippen molar-refractivity contribution in [1.82, 2.24) is 15.2 Å². The Kier molecular flexibility index (Phi) is 5.61. The van der Waals surface area contributed by atoms with E-state index in [0.717, 1.165) is 60.7 Å². The van der Waals surface area contributed by atoms with Crippen molar-refractivity contribution in [2.75, 3.05) is 39.3 Å². The molecule has 1 N–H and O–H groups in total. The van der Waals surface area contributed by atoms with Crippen LogP contribution in [0.25, 0.3) is 11.1 Å². The van der Waals surface area contributed by atoms with Crippen molar-refractivity contribution in [2.24, 2.45) is 0 Å². The molecule has 2 heterocycles. The van der Waals surface area contributed by atoms with E-state index in [4.69, 9.17) is 4.74 Å². The van der Waals surface area contributed by atoms with E-state index in [0.29, 0.717) is 17.7 Å². The molecule has 5 nitrogen and oxygen atoms in total. The second kappa shape index (κ2) is 8.84. The molecule has 0 atom stereocenters. The van der Waals surface area contributed by atoms with Crippen LogP contribution in [0.1, 0.15) is 27.0 Å². The third kappa shape index (κ3) is 4.02. The molecule has 5 rings (SSSR count). The van der Waals surface area contributed by atoms with Crippen LogP contribution in [0.4, 0.5) is 0 Å². The average molecular weight is 412 g/mol. The maximum atomic E-state index is 13.5. The van der Waals surface area contributed by atoms with Gasteiger partial charge in [-0.25, -0.2) is 0 Å². The Balaban J connectivity index is 1.44. The van der Waals surface area contributed by atoms with Gasteiger partial charge < -0.3 is 10.1 Å². The molecule has 2 aliphatic rings. The van der Waals surface area contributed by atoms with Crippen LogP contribution >= 0.6 is 0 Å². The van der Waals surface area contributed by atoms with Gasteiger partial charge in [-0.1, -0.05) is 36.4 Å². The number of allylic oxidation sites excluding steroid dienone is 1. The normalized spacial score (nSPS) is 16.5. The molecule has 1 fully saturated rings. The van der Waals surface area contributed by atoms with E-state index in [1.54, 1.807) is 12.4 Å². The van der Waals surface area contributed by atoms with Gasteiger partial charge in [0.15, 0.2) is 5.78 Å². The molecule has 0 amide bonds. The number of Topliss-reactive ketones (excluding diaryl/α,β-unsaturated/α-hetero) is 1. The van der Waals surface area contributed by atoms with Crippen molar-refractivity contribution in [3.05, 3.63) is 95.3 Å². The third-order valence-electron chi connectivity index (χ3n) is 5.88. The van der Waals surface area contributed by atoms with Crippen LogP contribution in [0.15, 0.2) is 73.1 Å². The Morgan fingerprint density at radius 3 is 2.48 bits per heavy atom. The highest BCUT2D eigenvalue weighted by molar-refractivity contribution is 6.41. The van der Waals surface area contributed by atoms with Crippen molar-refractivity contribution < 1.29 is 9.53 Å². The zero-order chi connectivity index (χ0) is 21.0. The zero-order valence-electron chi connectivity index (χ0n) is 17.4. The van der Waals surface area contributed by atoms with Gasteiger partial charge in [0.25, 0.3) is 0 Å². The largest absolute Gasteiger partial charge is 0.492 e. The average Bonchev–Trinajstić information content (AvgIpc) is 3.13. The number of pyridine rings is 1. The quantitative estimate of drug-likeness (QED) is 0.673. The fourth-order valence-electron chi connectivity index (χ4n) is 4.32. The second-order valence-corrected chi connectivity index (χ2v) is 7.83. The second-order valence-electron chi connectivity index (χ2n) is 7.83. The van der Waals surface area contributed by atoms with Crippen molar-refractivity contribution in [2.45, 2.75) is 0 Å². The predicted molar refractivity (Wildman–Crippen MR) is 122 cm³/mol. The Hall–Kier alpha value is -3.28. The van der Waals surface area contributed by atoms with Crippen LogP contribution in [0.2, 0.25) is 0 Å². The number of ketones is 1. The fraction of sp³-hybridized carbons (Fsp3) is 0.231. The molecule has 0 saturated carbocycles. The first-order valence-electron chi connectivity index (χ1n) is 10.8.